The summed E-state index contributed by atoms with van der Waals surface area (Å²) in [7, 11) is 0. The Morgan fingerprint density at radius 3 is 2.85 bits per heavy atom. The normalized spacial score (nSPS) is 18.9. The van der Waals surface area contributed by atoms with E-state index in [9.17, 15) is 9.90 Å². The smallest absolute Gasteiger partial charge is 0.320 e. The van der Waals surface area contributed by atoms with E-state index in [1.165, 1.54) is 5.56 Å². The molecule has 26 heavy (non-hydrogen) atoms. The molecule has 2 aromatic carbocycles. The molecule has 0 aliphatic carbocycles. The summed E-state index contributed by atoms with van der Waals surface area (Å²) < 4.78 is 0. The summed E-state index contributed by atoms with van der Waals surface area (Å²) in [4.78, 5) is 18.5. The number of hydrogen-bond acceptors (Lipinski definition) is 3. The van der Waals surface area contributed by atoms with Crippen LogP contribution in [0.2, 0.25) is 0 Å². The van der Waals surface area contributed by atoms with Crippen molar-refractivity contribution in [2.45, 2.75) is 31.8 Å². The lowest BCUT2D eigenvalue weighted by Crippen LogP contribution is -2.39. The minimum atomic E-state index is -0.737. The van der Waals surface area contributed by atoms with Crippen LogP contribution >= 0.6 is 0 Å². The number of carbonyl (C=O) groups is 1. The number of carboxylic acids is 1. The standard InChI is InChI=1S/C22H22N2O2/c1-15-6-4-7-16(14-15)21(24-13-5-10-20(24)22(25)26)18-11-12-23-19-9-3-2-8-17(18)19/h2-4,6-9,11-12,14,20-21H,5,10,13H2,1H3,(H,25,26). The second-order valence-corrected chi connectivity index (χ2v) is 6.97. The first-order valence-corrected chi connectivity index (χ1v) is 9.04. The fourth-order valence-electron chi connectivity index (χ4n) is 4.11. The van der Waals surface area contributed by atoms with Crippen LogP contribution in [0.4, 0.5) is 0 Å². The van der Waals surface area contributed by atoms with Crippen LogP contribution < -0.4 is 0 Å². The zero-order valence-corrected chi connectivity index (χ0v) is 14.8. The number of aromatic nitrogens is 1. The van der Waals surface area contributed by atoms with Crippen molar-refractivity contribution in [2.75, 3.05) is 6.54 Å². The highest BCUT2D eigenvalue weighted by Crippen LogP contribution is 2.37. The fraction of sp³-hybridized carbons (Fsp3) is 0.273. The highest BCUT2D eigenvalue weighted by molar-refractivity contribution is 5.83. The Labute approximate surface area is 153 Å². The molecular weight excluding hydrogens is 324 g/mol. The molecule has 2 atom stereocenters. The third-order valence-corrected chi connectivity index (χ3v) is 5.25. The minimum absolute atomic E-state index is 0.0913. The van der Waals surface area contributed by atoms with Gasteiger partial charge in [-0.1, -0.05) is 48.0 Å². The van der Waals surface area contributed by atoms with Crippen molar-refractivity contribution in [1.29, 1.82) is 0 Å². The Kier molecular flexibility index (Phi) is 4.43. The molecule has 1 aliphatic rings. The molecule has 1 aliphatic heterocycles. The topological polar surface area (TPSA) is 53.4 Å². The molecule has 4 rings (SSSR count). The predicted octanol–water partition coefficient (Wildman–Crippen LogP) is 4.18. The van der Waals surface area contributed by atoms with E-state index in [4.69, 9.17) is 0 Å². The van der Waals surface area contributed by atoms with Crippen LogP contribution in [0.15, 0.2) is 60.8 Å². The third-order valence-electron chi connectivity index (χ3n) is 5.25. The number of rotatable bonds is 4. The van der Waals surface area contributed by atoms with E-state index >= 15 is 0 Å². The highest BCUT2D eigenvalue weighted by atomic mass is 16.4. The Morgan fingerprint density at radius 2 is 2.04 bits per heavy atom. The first kappa shape index (κ1) is 16.7. The summed E-state index contributed by atoms with van der Waals surface area (Å²) in [6.07, 6.45) is 3.43. The van der Waals surface area contributed by atoms with Gasteiger partial charge in [-0.15, -0.1) is 0 Å². The van der Waals surface area contributed by atoms with Crippen molar-refractivity contribution >= 4 is 16.9 Å². The maximum Gasteiger partial charge on any atom is 0.320 e. The van der Waals surface area contributed by atoms with Crippen LogP contribution in [0, 0.1) is 6.92 Å². The van der Waals surface area contributed by atoms with E-state index in [1.54, 1.807) is 0 Å². The summed E-state index contributed by atoms with van der Waals surface area (Å²) in [6, 6.07) is 18.0. The number of carboxylic acid groups (broad SMARTS) is 1. The van der Waals surface area contributed by atoms with Gasteiger partial charge in [0.2, 0.25) is 0 Å². The van der Waals surface area contributed by atoms with Gasteiger partial charge in [0.1, 0.15) is 6.04 Å². The number of pyridine rings is 1. The summed E-state index contributed by atoms with van der Waals surface area (Å²) in [5, 5.41) is 10.8. The number of fused-ring (bicyclic) bond motifs is 1. The van der Waals surface area contributed by atoms with Gasteiger partial charge in [0.05, 0.1) is 11.6 Å². The van der Waals surface area contributed by atoms with Crippen LogP contribution in [0.25, 0.3) is 10.9 Å². The van der Waals surface area contributed by atoms with Gasteiger partial charge in [-0.3, -0.25) is 14.7 Å². The third kappa shape index (κ3) is 2.97. The second kappa shape index (κ2) is 6.89. The number of aryl methyl sites for hydroxylation is 1. The molecule has 1 fully saturated rings. The highest BCUT2D eigenvalue weighted by Gasteiger charge is 2.37. The lowest BCUT2D eigenvalue weighted by Gasteiger charge is -2.32. The van der Waals surface area contributed by atoms with Crippen molar-refractivity contribution < 1.29 is 9.90 Å². The Balaban J connectivity index is 1.92. The van der Waals surface area contributed by atoms with Crippen LogP contribution in [0.5, 0.6) is 0 Å². The van der Waals surface area contributed by atoms with Crippen molar-refractivity contribution in [3.63, 3.8) is 0 Å². The number of benzene rings is 2. The lowest BCUT2D eigenvalue weighted by atomic mass is 9.93. The van der Waals surface area contributed by atoms with Gasteiger partial charge in [0.25, 0.3) is 0 Å². The lowest BCUT2D eigenvalue weighted by molar-refractivity contribution is -0.142. The van der Waals surface area contributed by atoms with E-state index < -0.39 is 12.0 Å². The average Bonchev–Trinajstić information content (AvgIpc) is 3.12. The molecule has 0 radical (unpaired) electrons. The molecule has 0 amide bonds. The molecule has 0 spiro atoms. The molecule has 0 bridgehead atoms. The number of nitrogens with zero attached hydrogens (tertiary/aromatic N) is 2. The van der Waals surface area contributed by atoms with Gasteiger partial charge < -0.3 is 5.11 Å². The number of aliphatic carboxylic acids is 1. The van der Waals surface area contributed by atoms with E-state index in [1.807, 2.05) is 36.5 Å². The Hall–Kier alpha value is -2.72. The molecule has 3 aromatic rings. The Morgan fingerprint density at radius 1 is 1.19 bits per heavy atom. The summed E-state index contributed by atoms with van der Waals surface area (Å²) >= 11 is 0. The van der Waals surface area contributed by atoms with Gasteiger partial charge in [-0.05, 0) is 43.0 Å². The van der Waals surface area contributed by atoms with E-state index in [0.717, 1.165) is 35.0 Å². The largest absolute Gasteiger partial charge is 0.480 e. The SMILES string of the molecule is Cc1cccc(C(c2ccnc3ccccc23)N2CCCC2C(=O)O)c1. The van der Waals surface area contributed by atoms with Crippen LogP contribution in [-0.2, 0) is 4.79 Å². The first-order chi connectivity index (χ1) is 12.6. The monoisotopic (exact) mass is 346 g/mol. The van der Waals surface area contributed by atoms with Crippen molar-refractivity contribution in [2.24, 2.45) is 0 Å². The molecule has 4 nitrogen and oxygen atoms in total. The van der Waals surface area contributed by atoms with Crippen molar-refractivity contribution in [3.05, 3.63) is 77.5 Å². The maximum atomic E-state index is 11.9. The van der Waals surface area contributed by atoms with Gasteiger partial charge in [0.15, 0.2) is 0 Å². The van der Waals surface area contributed by atoms with Gasteiger partial charge in [0, 0.05) is 18.1 Å². The van der Waals surface area contributed by atoms with Gasteiger partial charge in [-0.2, -0.15) is 0 Å². The number of likely N-dealkylation sites (tertiary alicyclic amines) is 1. The second-order valence-electron chi connectivity index (χ2n) is 6.97. The number of para-hydroxylation sites is 1. The number of hydrogen-bond donors (Lipinski definition) is 1. The van der Waals surface area contributed by atoms with Crippen LogP contribution in [-0.4, -0.2) is 33.5 Å². The summed E-state index contributed by atoms with van der Waals surface area (Å²) in [6.45, 7) is 2.86. The van der Waals surface area contributed by atoms with Gasteiger partial charge in [-0.25, -0.2) is 0 Å². The van der Waals surface area contributed by atoms with Crippen LogP contribution in [0.1, 0.15) is 35.6 Å². The molecule has 0 saturated carbocycles. The average molecular weight is 346 g/mol. The maximum absolute atomic E-state index is 11.9. The Bertz CT molecular complexity index is 948. The van der Waals surface area contributed by atoms with E-state index in [-0.39, 0.29) is 6.04 Å². The molecule has 1 aromatic heterocycles. The molecule has 4 heteroatoms. The van der Waals surface area contributed by atoms with Crippen molar-refractivity contribution in [1.82, 2.24) is 9.88 Å². The molecule has 1 saturated heterocycles. The van der Waals surface area contributed by atoms with Gasteiger partial charge >= 0.3 is 5.97 Å². The van der Waals surface area contributed by atoms with Crippen molar-refractivity contribution in [3.8, 4) is 0 Å². The first-order valence-electron chi connectivity index (χ1n) is 9.04. The molecule has 1 N–H and O–H groups in total. The fourth-order valence-corrected chi connectivity index (χ4v) is 4.11. The van der Waals surface area contributed by atoms with E-state index in [2.05, 4.69) is 41.1 Å². The molecule has 2 unspecified atom stereocenters. The van der Waals surface area contributed by atoms with Crippen LogP contribution in [0.3, 0.4) is 0 Å². The minimum Gasteiger partial charge on any atom is -0.480 e. The summed E-state index contributed by atoms with van der Waals surface area (Å²) in [5.41, 5.74) is 4.37. The molecule has 2 heterocycles. The zero-order valence-electron chi connectivity index (χ0n) is 14.8. The quantitative estimate of drug-likeness (QED) is 0.770. The molecular formula is C22H22N2O2. The summed E-state index contributed by atoms with van der Waals surface area (Å²) in [5.74, 6) is -0.737. The van der Waals surface area contributed by atoms with E-state index in [0.29, 0.717) is 6.42 Å². The molecule has 132 valence electrons. The predicted molar refractivity (Wildman–Crippen MR) is 102 cm³/mol. The zero-order chi connectivity index (χ0) is 18.1.